The lowest BCUT2D eigenvalue weighted by Crippen LogP contribution is -2.49. The van der Waals surface area contributed by atoms with Crippen molar-refractivity contribution >= 4 is 35.4 Å². The van der Waals surface area contributed by atoms with E-state index in [4.69, 9.17) is 4.74 Å². The summed E-state index contributed by atoms with van der Waals surface area (Å²) in [5, 5.41) is 5.74. The molecule has 30 heavy (non-hydrogen) atoms. The van der Waals surface area contributed by atoms with Crippen molar-refractivity contribution in [1.29, 1.82) is 0 Å². The molecule has 2 aliphatic heterocycles. The summed E-state index contributed by atoms with van der Waals surface area (Å²) in [5.74, 6) is 1.80. The summed E-state index contributed by atoms with van der Waals surface area (Å²) >= 11 is 1.86. The minimum atomic E-state index is -0.414. The molecule has 3 rings (SSSR count). The molecule has 3 amide bonds. The van der Waals surface area contributed by atoms with Crippen LogP contribution in [-0.2, 0) is 9.53 Å². The lowest BCUT2D eigenvalue weighted by atomic mass is 10.1. The topological polar surface area (TPSA) is 91.0 Å². The second-order valence-electron chi connectivity index (χ2n) is 7.47. The second kappa shape index (κ2) is 11.2. The van der Waals surface area contributed by atoms with Crippen LogP contribution < -0.4 is 10.6 Å². The number of amides is 3. The highest BCUT2D eigenvalue weighted by atomic mass is 32.2. The summed E-state index contributed by atoms with van der Waals surface area (Å²) in [6, 6.07) is 7.09. The number of hydrogen-bond acceptors (Lipinski definition) is 6. The third-order valence-electron chi connectivity index (χ3n) is 5.16. The summed E-state index contributed by atoms with van der Waals surface area (Å²) < 4.78 is 4.93. The van der Waals surface area contributed by atoms with E-state index in [9.17, 15) is 14.4 Å². The van der Waals surface area contributed by atoms with E-state index in [0.717, 1.165) is 44.0 Å². The van der Waals surface area contributed by atoms with Crippen molar-refractivity contribution in [1.82, 2.24) is 15.1 Å². The molecular formula is C21H30N4O4S. The quantitative estimate of drug-likeness (QED) is 0.712. The van der Waals surface area contributed by atoms with Gasteiger partial charge < -0.3 is 20.3 Å². The van der Waals surface area contributed by atoms with Crippen molar-refractivity contribution in [2.75, 3.05) is 56.2 Å². The highest BCUT2D eigenvalue weighted by Gasteiger charge is 2.23. The molecule has 0 aliphatic carbocycles. The molecule has 0 aromatic heterocycles. The molecule has 1 atom stereocenters. The third kappa shape index (κ3) is 6.63. The predicted molar refractivity (Wildman–Crippen MR) is 118 cm³/mol. The Morgan fingerprint density at radius 1 is 1.20 bits per heavy atom. The predicted octanol–water partition coefficient (Wildman–Crippen LogP) is 2.02. The molecule has 0 spiro atoms. The molecule has 0 radical (unpaired) electrons. The van der Waals surface area contributed by atoms with Crippen LogP contribution in [0.3, 0.4) is 0 Å². The van der Waals surface area contributed by atoms with Crippen LogP contribution in [0.4, 0.5) is 10.5 Å². The average Bonchev–Trinajstić information content (AvgIpc) is 2.74. The first-order chi connectivity index (χ1) is 14.5. The Bertz CT molecular complexity index is 754. The maximum Gasteiger partial charge on any atom is 0.407 e. The Labute approximate surface area is 181 Å². The van der Waals surface area contributed by atoms with Crippen molar-refractivity contribution < 1.29 is 19.1 Å². The standard InChI is InChI=1S/C21H30N4O4S/c1-2-29-21(28)23-18-7-4-8-24(14-18)15-19(26)22-17-6-3-5-16(13-17)20(27)25-9-11-30-12-10-25/h3,5-6,13,18H,2,4,7-12,14-15H2,1H3,(H,22,26)(H,23,28). The smallest absolute Gasteiger partial charge is 0.407 e. The van der Waals surface area contributed by atoms with Crippen LogP contribution in [0, 0.1) is 0 Å². The Hall–Kier alpha value is -2.26. The number of rotatable bonds is 6. The van der Waals surface area contributed by atoms with Gasteiger partial charge in [0.15, 0.2) is 0 Å². The number of anilines is 1. The zero-order chi connectivity index (χ0) is 21.3. The number of nitrogens with one attached hydrogen (secondary N) is 2. The highest BCUT2D eigenvalue weighted by molar-refractivity contribution is 7.99. The fraction of sp³-hybridized carbons (Fsp3) is 0.571. The van der Waals surface area contributed by atoms with Gasteiger partial charge >= 0.3 is 6.09 Å². The molecule has 2 N–H and O–H groups in total. The van der Waals surface area contributed by atoms with Crippen molar-refractivity contribution in [3.63, 3.8) is 0 Å². The van der Waals surface area contributed by atoms with Gasteiger partial charge in [-0.2, -0.15) is 11.8 Å². The molecule has 164 valence electrons. The highest BCUT2D eigenvalue weighted by Crippen LogP contribution is 2.17. The van der Waals surface area contributed by atoms with Gasteiger partial charge in [0.2, 0.25) is 5.91 Å². The molecule has 8 nitrogen and oxygen atoms in total. The number of piperidine rings is 1. The maximum absolute atomic E-state index is 12.7. The molecule has 2 heterocycles. The zero-order valence-corrected chi connectivity index (χ0v) is 18.2. The fourth-order valence-electron chi connectivity index (χ4n) is 3.74. The van der Waals surface area contributed by atoms with Crippen LogP contribution in [0.1, 0.15) is 30.1 Å². The minimum Gasteiger partial charge on any atom is -0.450 e. The van der Waals surface area contributed by atoms with Gasteiger partial charge in [0.05, 0.1) is 13.2 Å². The van der Waals surface area contributed by atoms with Gasteiger partial charge in [-0.05, 0) is 44.5 Å². The number of thioether (sulfide) groups is 1. The molecule has 2 saturated heterocycles. The maximum atomic E-state index is 12.7. The number of likely N-dealkylation sites (tertiary alicyclic amines) is 1. The van der Waals surface area contributed by atoms with Crippen LogP contribution in [0.5, 0.6) is 0 Å². The van der Waals surface area contributed by atoms with Crippen molar-refractivity contribution in [2.24, 2.45) is 0 Å². The van der Waals surface area contributed by atoms with Gasteiger partial charge in [0.1, 0.15) is 0 Å². The van der Waals surface area contributed by atoms with Gasteiger partial charge in [-0.25, -0.2) is 4.79 Å². The number of hydrogen-bond donors (Lipinski definition) is 2. The first-order valence-corrected chi connectivity index (χ1v) is 11.6. The number of benzene rings is 1. The first-order valence-electron chi connectivity index (χ1n) is 10.5. The van der Waals surface area contributed by atoms with Gasteiger partial charge in [-0.15, -0.1) is 0 Å². The number of ether oxygens (including phenoxy) is 1. The van der Waals surface area contributed by atoms with E-state index >= 15 is 0 Å². The molecule has 1 aromatic rings. The van der Waals surface area contributed by atoms with Crippen LogP contribution in [0.25, 0.3) is 0 Å². The summed E-state index contributed by atoms with van der Waals surface area (Å²) in [6.07, 6.45) is 1.36. The molecule has 2 aliphatic rings. The molecule has 2 fully saturated rings. The molecular weight excluding hydrogens is 404 g/mol. The van der Waals surface area contributed by atoms with E-state index in [-0.39, 0.29) is 24.4 Å². The number of carbonyl (C=O) groups is 3. The van der Waals surface area contributed by atoms with Crippen LogP contribution in [0.15, 0.2) is 24.3 Å². The molecule has 0 saturated carbocycles. The van der Waals surface area contributed by atoms with Crippen LogP contribution in [-0.4, -0.2) is 84.6 Å². The van der Waals surface area contributed by atoms with Gasteiger partial charge in [-0.3, -0.25) is 14.5 Å². The molecule has 9 heteroatoms. The summed E-state index contributed by atoms with van der Waals surface area (Å²) in [5.41, 5.74) is 1.21. The van der Waals surface area contributed by atoms with Crippen LogP contribution >= 0.6 is 11.8 Å². The normalized spacial score (nSPS) is 19.8. The first kappa shape index (κ1) is 22.4. The lowest BCUT2D eigenvalue weighted by molar-refractivity contribution is -0.117. The van der Waals surface area contributed by atoms with Crippen LogP contribution in [0.2, 0.25) is 0 Å². The second-order valence-corrected chi connectivity index (χ2v) is 8.70. The van der Waals surface area contributed by atoms with Crippen molar-refractivity contribution in [3.05, 3.63) is 29.8 Å². The van der Waals surface area contributed by atoms with E-state index in [2.05, 4.69) is 10.6 Å². The lowest BCUT2D eigenvalue weighted by Gasteiger charge is -2.32. The van der Waals surface area contributed by atoms with Gasteiger partial charge in [0, 0.05) is 48.4 Å². The fourth-order valence-corrected chi connectivity index (χ4v) is 4.64. The Morgan fingerprint density at radius 2 is 2.00 bits per heavy atom. The van der Waals surface area contributed by atoms with E-state index < -0.39 is 6.09 Å². The number of carbonyl (C=O) groups excluding carboxylic acids is 3. The van der Waals surface area contributed by atoms with E-state index in [1.165, 1.54) is 0 Å². The zero-order valence-electron chi connectivity index (χ0n) is 17.4. The molecule has 1 unspecified atom stereocenters. The van der Waals surface area contributed by atoms with Crippen molar-refractivity contribution in [3.8, 4) is 0 Å². The summed E-state index contributed by atoms with van der Waals surface area (Å²) in [4.78, 5) is 40.7. The average molecular weight is 435 g/mol. The monoisotopic (exact) mass is 434 g/mol. The third-order valence-corrected chi connectivity index (χ3v) is 6.10. The molecule has 0 bridgehead atoms. The number of nitrogens with zero attached hydrogens (tertiary/aromatic N) is 2. The summed E-state index contributed by atoms with van der Waals surface area (Å²) in [6.45, 7) is 5.28. The van der Waals surface area contributed by atoms with Crippen molar-refractivity contribution in [2.45, 2.75) is 25.8 Å². The number of alkyl carbamates (subject to hydrolysis) is 1. The Balaban J connectivity index is 1.51. The van der Waals surface area contributed by atoms with E-state index in [1.807, 2.05) is 21.6 Å². The Morgan fingerprint density at radius 3 is 2.77 bits per heavy atom. The Kier molecular flexibility index (Phi) is 8.39. The summed E-state index contributed by atoms with van der Waals surface area (Å²) in [7, 11) is 0. The largest absolute Gasteiger partial charge is 0.450 e. The van der Waals surface area contributed by atoms with E-state index in [1.54, 1.807) is 31.2 Å². The van der Waals surface area contributed by atoms with E-state index in [0.29, 0.717) is 24.4 Å². The molecule has 1 aromatic carbocycles. The van der Waals surface area contributed by atoms with Gasteiger partial charge in [0.25, 0.3) is 5.91 Å². The van der Waals surface area contributed by atoms with Gasteiger partial charge in [-0.1, -0.05) is 6.07 Å². The minimum absolute atomic E-state index is 0.00955. The SMILES string of the molecule is CCOC(=O)NC1CCCN(CC(=O)Nc2cccc(C(=O)N3CCSCC3)c2)C1.